The Morgan fingerprint density at radius 3 is 2.46 bits per heavy atom. The molecule has 1 saturated carbocycles. The summed E-state index contributed by atoms with van der Waals surface area (Å²) >= 11 is 0. The lowest BCUT2D eigenvalue weighted by Gasteiger charge is -2.24. The first-order valence-corrected chi connectivity index (χ1v) is 11.5. The maximum Gasteiger partial charge on any atom is 0.416 e. The van der Waals surface area contributed by atoms with Gasteiger partial charge >= 0.3 is 6.18 Å². The minimum absolute atomic E-state index is 0.0256. The number of nitrogens with one attached hydrogen (secondary N) is 4. The summed E-state index contributed by atoms with van der Waals surface area (Å²) in [5.41, 5.74) is -1.22. The van der Waals surface area contributed by atoms with E-state index in [0.29, 0.717) is 0 Å². The third-order valence-corrected chi connectivity index (χ3v) is 6.07. The average molecular weight is 518 g/mol. The second-order valence-electron chi connectivity index (χ2n) is 8.77. The van der Waals surface area contributed by atoms with Crippen molar-refractivity contribution in [3.05, 3.63) is 77.1 Å². The molecule has 0 aromatic heterocycles. The third-order valence-electron chi connectivity index (χ3n) is 6.07. The second kappa shape index (κ2) is 10.5. The molecule has 11 heteroatoms. The number of rotatable bonds is 8. The van der Waals surface area contributed by atoms with Crippen molar-refractivity contribution in [3.63, 3.8) is 0 Å². The Morgan fingerprint density at radius 1 is 1.08 bits per heavy atom. The van der Waals surface area contributed by atoms with Gasteiger partial charge in [0.2, 0.25) is 5.91 Å². The normalized spacial score (nSPS) is 19.4. The smallest absolute Gasteiger partial charge is 0.355 e. The summed E-state index contributed by atoms with van der Waals surface area (Å²) in [5.74, 6) is -3.38. The van der Waals surface area contributed by atoms with Gasteiger partial charge < -0.3 is 21.4 Å². The van der Waals surface area contributed by atoms with Crippen molar-refractivity contribution in [2.45, 2.75) is 25.2 Å². The first kappa shape index (κ1) is 26.1. The van der Waals surface area contributed by atoms with Crippen LogP contribution in [0.15, 0.2) is 66.0 Å². The van der Waals surface area contributed by atoms with Crippen LogP contribution in [0.1, 0.15) is 24.0 Å². The number of anilines is 3. The van der Waals surface area contributed by atoms with Crippen LogP contribution in [-0.2, 0) is 15.8 Å². The first-order valence-electron chi connectivity index (χ1n) is 11.5. The lowest BCUT2D eigenvalue weighted by atomic mass is 9.90. The lowest BCUT2D eigenvalue weighted by Crippen LogP contribution is -2.37. The quantitative estimate of drug-likeness (QED) is 0.268. The number of allylic oxidation sites excluding steroid dienone is 2. The summed E-state index contributed by atoms with van der Waals surface area (Å²) in [6.07, 6.45) is -1.95. The van der Waals surface area contributed by atoms with Crippen LogP contribution in [0.5, 0.6) is 0 Å². The molecule has 0 heterocycles. The molecule has 2 aromatic carbocycles. The van der Waals surface area contributed by atoms with Gasteiger partial charge in [-0.15, -0.1) is 0 Å². The molecule has 1 unspecified atom stereocenters. The molecule has 1 fully saturated rings. The van der Waals surface area contributed by atoms with Crippen LogP contribution in [0, 0.1) is 17.2 Å². The minimum Gasteiger partial charge on any atom is -0.355 e. The first-order chi connectivity index (χ1) is 17.6. The van der Waals surface area contributed by atoms with E-state index in [-0.39, 0.29) is 41.0 Å². The molecule has 2 aromatic rings. The Kier molecular flexibility index (Phi) is 7.42. The van der Waals surface area contributed by atoms with E-state index in [1.807, 2.05) is 0 Å². The molecule has 0 bridgehead atoms. The third kappa shape index (κ3) is 6.04. The van der Waals surface area contributed by atoms with Crippen molar-refractivity contribution < 1.29 is 31.5 Å². The summed E-state index contributed by atoms with van der Waals surface area (Å²) < 4.78 is 68.8. The number of amides is 2. The molecule has 0 aliphatic heterocycles. The van der Waals surface area contributed by atoms with Crippen LogP contribution >= 0.6 is 0 Å². The largest absolute Gasteiger partial charge is 0.416 e. The van der Waals surface area contributed by atoms with Crippen molar-refractivity contribution in [2.24, 2.45) is 11.8 Å². The molecule has 6 nitrogen and oxygen atoms in total. The van der Waals surface area contributed by atoms with Gasteiger partial charge in [-0.05, 0) is 49.2 Å². The Bertz CT molecular complexity index is 1280. The number of halogens is 5. The fourth-order valence-corrected chi connectivity index (χ4v) is 3.91. The van der Waals surface area contributed by atoms with Crippen molar-refractivity contribution in [1.82, 2.24) is 5.32 Å². The topological polar surface area (TPSA) is 94.1 Å². The zero-order chi connectivity index (χ0) is 26.7. The van der Waals surface area contributed by atoms with Gasteiger partial charge in [0, 0.05) is 41.5 Å². The molecule has 4 N–H and O–H groups in total. The van der Waals surface area contributed by atoms with Crippen LogP contribution < -0.4 is 16.0 Å². The summed E-state index contributed by atoms with van der Waals surface area (Å²) in [6.45, 7) is -0.0980. The van der Waals surface area contributed by atoms with E-state index in [1.165, 1.54) is 36.4 Å². The summed E-state index contributed by atoms with van der Waals surface area (Å²) in [5, 5.41) is 15.6. The molecule has 2 aliphatic carbocycles. The zero-order valence-corrected chi connectivity index (χ0v) is 19.3. The number of hydrogen-bond acceptors (Lipinski definition) is 4. The second-order valence-corrected chi connectivity index (χ2v) is 8.77. The molecule has 194 valence electrons. The summed E-state index contributed by atoms with van der Waals surface area (Å²) in [4.78, 5) is 24.8. The van der Waals surface area contributed by atoms with Crippen molar-refractivity contribution in [2.75, 3.05) is 17.2 Å². The average Bonchev–Trinajstić information content (AvgIpc) is 3.69. The molecule has 0 spiro atoms. The number of carbonyl (C=O) groups excluding carboxylic acids is 2. The molecule has 2 atom stereocenters. The molecule has 4 rings (SSSR count). The minimum atomic E-state index is -4.55. The Labute approximate surface area is 209 Å². The van der Waals surface area contributed by atoms with Gasteiger partial charge in [-0.25, -0.2) is 8.78 Å². The number of alkyl halides is 4. The SMILES string of the molecule is N=Cc1c(NC(=O)C2=C(F)C=CC(CNC(=O)C3CC3)[C@@H]2F)cccc1Nc1cccc(C(F)(F)F)c1. The highest BCUT2D eigenvalue weighted by Gasteiger charge is 2.35. The molecule has 0 saturated heterocycles. The van der Waals surface area contributed by atoms with Crippen LogP contribution in [0.4, 0.5) is 39.0 Å². The van der Waals surface area contributed by atoms with Gasteiger partial charge in [-0.3, -0.25) is 9.59 Å². The lowest BCUT2D eigenvalue weighted by molar-refractivity contribution is -0.137. The summed E-state index contributed by atoms with van der Waals surface area (Å²) in [7, 11) is 0. The van der Waals surface area contributed by atoms with Crippen molar-refractivity contribution in [1.29, 1.82) is 5.41 Å². The Morgan fingerprint density at radius 2 is 1.78 bits per heavy atom. The van der Waals surface area contributed by atoms with Crippen LogP contribution in [0.25, 0.3) is 0 Å². The monoisotopic (exact) mass is 518 g/mol. The molecule has 0 radical (unpaired) electrons. The zero-order valence-electron chi connectivity index (χ0n) is 19.3. The Balaban J connectivity index is 1.51. The summed E-state index contributed by atoms with van der Waals surface area (Å²) in [6, 6.07) is 8.77. The number of hydrogen-bond donors (Lipinski definition) is 4. The predicted octanol–water partition coefficient (Wildman–Crippen LogP) is 5.66. The predicted molar refractivity (Wildman–Crippen MR) is 129 cm³/mol. The van der Waals surface area contributed by atoms with Gasteiger partial charge in [0.1, 0.15) is 12.0 Å². The van der Waals surface area contributed by atoms with Gasteiger partial charge in [0.25, 0.3) is 5.91 Å². The number of benzene rings is 2. The van der Waals surface area contributed by atoms with Gasteiger partial charge in [0.15, 0.2) is 0 Å². The maximum atomic E-state index is 15.2. The fourth-order valence-electron chi connectivity index (χ4n) is 3.91. The van der Waals surface area contributed by atoms with Crippen LogP contribution in [-0.4, -0.2) is 30.7 Å². The standard InChI is InChI=1S/C26H23F5N4O2/c27-19-10-9-15(13-33-24(36)14-7-8-14)23(28)22(19)25(37)35-21-6-2-5-20(18(21)12-32)34-17-4-1-3-16(11-17)26(29,30)31/h1-6,9-12,14-15,23,32,34H,7-8,13H2,(H,33,36)(H,35,37)/t15?,23-/m0/s1. The Hall–Kier alpha value is -4.02. The van der Waals surface area contributed by atoms with Gasteiger partial charge in [0.05, 0.1) is 16.8 Å². The molecular weight excluding hydrogens is 495 g/mol. The van der Waals surface area contributed by atoms with E-state index in [0.717, 1.165) is 37.3 Å². The van der Waals surface area contributed by atoms with Crippen LogP contribution in [0.3, 0.4) is 0 Å². The van der Waals surface area contributed by atoms with E-state index in [9.17, 15) is 27.2 Å². The van der Waals surface area contributed by atoms with E-state index in [1.54, 1.807) is 0 Å². The van der Waals surface area contributed by atoms with Crippen LogP contribution in [0.2, 0.25) is 0 Å². The van der Waals surface area contributed by atoms with E-state index in [2.05, 4.69) is 16.0 Å². The highest BCUT2D eigenvalue weighted by Crippen LogP contribution is 2.34. The highest BCUT2D eigenvalue weighted by atomic mass is 19.4. The molecular formula is C26H23F5N4O2. The van der Waals surface area contributed by atoms with Crippen molar-refractivity contribution in [3.8, 4) is 0 Å². The molecule has 37 heavy (non-hydrogen) atoms. The van der Waals surface area contributed by atoms with E-state index >= 15 is 4.39 Å². The fraction of sp³-hybridized carbons (Fsp3) is 0.269. The van der Waals surface area contributed by atoms with E-state index in [4.69, 9.17) is 5.41 Å². The van der Waals surface area contributed by atoms with E-state index < -0.39 is 41.1 Å². The van der Waals surface area contributed by atoms with Crippen molar-refractivity contribution >= 4 is 35.1 Å². The molecule has 2 amide bonds. The number of carbonyl (C=O) groups is 2. The highest BCUT2D eigenvalue weighted by molar-refractivity contribution is 6.08. The van der Waals surface area contributed by atoms with Gasteiger partial charge in [-0.2, -0.15) is 13.2 Å². The van der Waals surface area contributed by atoms with Gasteiger partial charge in [-0.1, -0.05) is 18.2 Å². The maximum absolute atomic E-state index is 15.2. The molecule has 2 aliphatic rings.